The van der Waals surface area contributed by atoms with Crippen LogP contribution in [0.1, 0.15) is 17.0 Å². The summed E-state index contributed by atoms with van der Waals surface area (Å²) in [4.78, 5) is 4.23. The fraction of sp³-hybridized carbons (Fsp3) is 0.273. The molecule has 0 fully saturated rings. The molecule has 2 heterocycles. The fourth-order valence-corrected chi connectivity index (χ4v) is 1.27. The highest BCUT2D eigenvalue weighted by molar-refractivity contribution is 5.30. The van der Waals surface area contributed by atoms with E-state index in [0.717, 1.165) is 17.1 Å². The molecule has 0 aliphatic heterocycles. The van der Waals surface area contributed by atoms with Crippen molar-refractivity contribution >= 4 is 0 Å². The van der Waals surface area contributed by atoms with E-state index in [1.54, 1.807) is 0 Å². The molecule has 3 heteroatoms. The monoisotopic (exact) mass is 187 g/mol. The molecule has 0 amide bonds. The number of aryl methyl sites for hydroxylation is 3. The molecule has 0 spiro atoms. The van der Waals surface area contributed by atoms with E-state index in [9.17, 15) is 0 Å². The van der Waals surface area contributed by atoms with Crippen LogP contribution in [0.25, 0.3) is 5.69 Å². The molecule has 2 aromatic rings. The van der Waals surface area contributed by atoms with Crippen molar-refractivity contribution < 1.29 is 0 Å². The summed E-state index contributed by atoms with van der Waals surface area (Å²) in [6.45, 7) is 6.04. The van der Waals surface area contributed by atoms with Gasteiger partial charge in [0.2, 0.25) is 0 Å². The Morgan fingerprint density at radius 2 is 1.93 bits per heavy atom. The molecule has 0 aliphatic rings. The number of aromatic nitrogens is 3. The third-order valence-electron chi connectivity index (χ3n) is 2.30. The van der Waals surface area contributed by atoms with Gasteiger partial charge in [0.1, 0.15) is 0 Å². The number of hydrogen-bond donors (Lipinski definition) is 0. The molecule has 0 bridgehead atoms. The maximum atomic E-state index is 4.39. The Labute approximate surface area is 83.4 Å². The standard InChI is InChI=1S/C11H13N3/c1-8-7-14(13-10(8)3)11-5-4-9(2)12-6-11/h4-7H,1-3H3. The highest BCUT2D eigenvalue weighted by atomic mass is 15.3. The normalized spacial score (nSPS) is 10.5. The minimum Gasteiger partial charge on any atom is -0.259 e. The lowest BCUT2D eigenvalue weighted by Crippen LogP contribution is -1.95. The zero-order valence-corrected chi connectivity index (χ0v) is 8.65. The van der Waals surface area contributed by atoms with Gasteiger partial charge in [-0.3, -0.25) is 4.98 Å². The summed E-state index contributed by atoms with van der Waals surface area (Å²) in [5, 5.41) is 4.39. The summed E-state index contributed by atoms with van der Waals surface area (Å²) in [7, 11) is 0. The number of nitrogens with zero attached hydrogens (tertiary/aromatic N) is 3. The molecule has 0 radical (unpaired) electrons. The Kier molecular flexibility index (Phi) is 2.08. The van der Waals surface area contributed by atoms with E-state index in [-0.39, 0.29) is 0 Å². The van der Waals surface area contributed by atoms with Crippen molar-refractivity contribution in [3.8, 4) is 5.69 Å². The van der Waals surface area contributed by atoms with E-state index in [2.05, 4.69) is 17.0 Å². The second-order valence-corrected chi connectivity index (χ2v) is 3.50. The first-order chi connectivity index (χ1) is 6.66. The smallest absolute Gasteiger partial charge is 0.0829 e. The zero-order chi connectivity index (χ0) is 10.1. The van der Waals surface area contributed by atoms with Crippen molar-refractivity contribution in [2.75, 3.05) is 0 Å². The number of pyridine rings is 1. The second kappa shape index (κ2) is 3.25. The Morgan fingerprint density at radius 3 is 2.43 bits per heavy atom. The lowest BCUT2D eigenvalue weighted by Gasteiger charge is -1.99. The van der Waals surface area contributed by atoms with Gasteiger partial charge in [-0.05, 0) is 38.5 Å². The molecule has 3 nitrogen and oxygen atoms in total. The van der Waals surface area contributed by atoms with Crippen LogP contribution in [0.5, 0.6) is 0 Å². The molecule has 2 rings (SSSR count). The van der Waals surface area contributed by atoms with Crippen LogP contribution in [0.15, 0.2) is 24.5 Å². The predicted octanol–water partition coefficient (Wildman–Crippen LogP) is 2.19. The van der Waals surface area contributed by atoms with E-state index in [0.29, 0.717) is 0 Å². The third kappa shape index (κ3) is 1.53. The summed E-state index contributed by atoms with van der Waals surface area (Å²) in [5.74, 6) is 0. The van der Waals surface area contributed by atoms with E-state index < -0.39 is 0 Å². The van der Waals surface area contributed by atoms with Gasteiger partial charge < -0.3 is 0 Å². The van der Waals surface area contributed by atoms with Gasteiger partial charge >= 0.3 is 0 Å². The van der Waals surface area contributed by atoms with Crippen LogP contribution in [0.2, 0.25) is 0 Å². The van der Waals surface area contributed by atoms with Crippen molar-refractivity contribution in [3.05, 3.63) is 41.5 Å². The van der Waals surface area contributed by atoms with Gasteiger partial charge in [0.25, 0.3) is 0 Å². The summed E-state index contributed by atoms with van der Waals surface area (Å²) in [6.07, 6.45) is 3.85. The van der Waals surface area contributed by atoms with Gasteiger partial charge in [0, 0.05) is 11.9 Å². The van der Waals surface area contributed by atoms with E-state index >= 15 is 0 Å². The fourth-order valence-electron chi connectivity index (χ4n) is 1.27. The van der Waals surface area contributed by atoms with E-state index in [1.165, 1.54) is 5.56 Å². The Hall–Kier alpha value is -1.64. The van der Waals surface area contributed by atoms with Crippen LogP contribution in [-0.4, -0.2) is 14.8 Å². The maximum Gasteiger partial charge on any atom is 0.0829 e. The van der Waals surface area contributed by atoms with Gasteiger partial charge in [0.05, 0.1) is 17.6 Å². The molecule has 0 saturated heterocycles. The SMILES string of the molecule is Cc1ccc(-n2cc(C)c(C)n2)cn1. The van der Waals surface area contributed by atoms with Crippen molar-refractivity contribution in [1.29, 1.82) is 0 Å². The van der Waals surface area contributed by atoms with Gasteiger partial charge in [-0.2, -0.15) is 5.10 Å². The maximum absolute atomic E-state index is 4.39. The third-order valence-corrected chi connectivity index (χ3v) is 2.30. The molecule has 0 aromatic carbocycles. The molecule has 0 saturated carbocycles. The van der Waals surface area contributed by atoms with Crippen LogP contribution >= 0.6 is 0 Å². The average Bonchev–Trinajstić information content (AvgIpc) is 2.48. The molecule has 14 heavy (non-hydrogen) atoms. The molecule has 0 aliphatic carbocycles. The van der Waals surface area contributed by atoms with Gasteiger partial charge in [-0.25, -0.2) is 4.68 Å². The molecular weight excluding hydrogens is 174 g/mol. The molecule has 72 valence electrons. The quantitative estimate of drug-likeness (QED) is 0.685. The predicted molar refractivity (Wildman–Crippen MR) is 55.6 cm³/mol. The van der Waals surface area contributed by atoms with Crippen LogP contribution in [0, 0.1) is 20.8 Å². The summed E-state index contributed by atoms with van der Waals surface area (Å²) >= 11 is 0. The Morgan fingerprint density at radius 1 is 1.14 bits per heavy atom. The Bertz CT molecular complexity index is 421. The molecular formula is C11H13N3. The van der Waals surface area contributed by atoms with Crippen molar-refractivity contribution in [2.45, 2.75) is 20.8 Å². The number of hydrogen-bond acceptors (Lipinski definition) is 2. The largest absolute Gasteiger partial charge is 0.259 e. The summed E-state index contributed by atoms with van der Waals surface area (Å²) < 4.78 is 1.86. The first-order valence-electron chi connectivity index (χ1n) is 4.63. The lowest BCUT2D eigenvalue weighted by atomic mass is 10.3. The molecule has 0 N–H and O–H groups in total. The minimum atomic E-state index is 1.01. The van der Waals surface area contributed by atoms with E-state index in [1.807, 2.05) is 43.1 Å². The molecule has 2 aromatic heterocycles. The lowest BCUT2D eigenvalue weighted by molar-refractivity contribution is 0.855. The van der Waals surface area contributed by atoms with Gasteiger partial charge in [-0.1, -0.05) is 0 Å². The molecule has 0 unspecified atom stereocenters. The average molecular weight is 187 g/mol. The Balaban J connectivity index is 2.44. The van der Waals surface area contributed by atoms with Crippen LogP contribution < -0.4 is 0 Å². The van der Waals surface area contributed by atoms with Crippen LogP contribution in [0.4, 0.5) is 0 Å². The highest BCUT2D eigenvalue weighted by Gasteiger charge is 2.01. The topological polar surface area (TPSA) is 30.7 Å². The summed E-state index contributed by atoms with van der Waals surface area (Å²) in [6, 6.07) is 4.01. The van der Waals surface area contributed by atoms with Gasteiger partial charge in [0.15, 0.2) is 0 Å². The highest BCUT2D eigenvalue weighted by Crippen LogP contribution is 2.09. The number of rotatable bonds is 1. The minimum absolute atomic E-state index is 1.01. The van der Waals surface area contributed by atoms with Crippen LogP contribution in [-0.2, 0) is 0 Å². The van der Waals surface area contributed by atoms with Crippen molar-refractivity contribution in [2.24, 2.45) is 0 Å². The first-order valence-corrected chi connectivity index (χ1v) is 4.63. The van der Waals surface area contributed by atoms with Crippen molar-refractivity contribution in [1.82, 2.24) is 14.8 Å². The molecule has 0 atom stereocenters. The van der Waals surface area contributed by atoms with E-state index in [4.69, 9.17) is 0 Å². The first kappa shape index (κ1) is 8.94. The second-order valence-electron chi connectivity index (χ2n) is 3.50. The van der Waals surface area contributed by atoms with Gasteiger partial charge in [-0.15, -0.1) is 0 Å². The van der Waals surface area contributed by atoms with Crippen molar-refractivity contribution in [3.63, 3.8) is 0 Å². The zero-order valence-electron chi connectivity index (χ0n) is 8.65. The summed E-state index contributed by atoms with van der Waals surface area (Å²) in [5.41, 5.74) is 4.29. The van der Waals surface area contributed by atoms with Crippen LogP contribution in [0.3, 0.4) is 0 Å².